The van der Waals surface area contributed by atoms with Gasteiger partial charge in [-0.3, -0.25) is 0 Å². The molecule has 0 amide bonds. The first-order chi connectivity index (χ1) is 8.74. The average Bonchev–Trinajstić information content (AvgIpc) is 2.43. The molecule has 0 aliphatic heterocycles. The average molecular weight is 248 g/mol. The van der Waals surface area contributed by atoms with Gasteiger partial charge in [0.15, 0.2) is 0 Å². The van der Waals surface area contributed by atoms with Gasteiger partial charge < -0.3 is 15.0 Å². The van der Waals surface area contributed by atoms with Crippen LogP contribution in [0.15, 0.2) is 18.2 Å². The minimum Gasteiger partial charge on any atom is -0.497 e. The van der Waals surface area contributed by atoms with Crippen molar-refractivity contribution in [3.05, 3.63) is 29.3 Å². The van der Waals surface area contributed by atoms with Crippen LogP contribution >= 0.6 is 0 Å². The maximum absolute atomic E-state index is 5.32. The summed E-state index contributed by atoms with van der Waals surface area (Å²) in [5.41, 5.74) is 2.95. The molecule has 1 aliphatic carbocycles. The molecule has 1 aromatic carbocycles. The van der Waals surface area contributed by atoms with Gasteiger partial charge in [0.05, 0.1) is 7.11 Å². The minimum absolute atomic E-state index is 0.665. The zero-order valence-corrected chi connectivity index (χ0v) is 11.7. The van der Waals surface area contributed by atoms with Crippen LogP contribution in [0.1, 0.15) is 17.5 Å². The third-order valence-corrected chi connectivity index (χ3v) is 3.95. The summed E-state index contributed by atoms with van der Waals surface area (Å²) in [6.45, 7) is 2.17. The molecule has 0 bridgehead atoms. The second-order valence-corrected chi connectivity index (χ2v) is 5.12. The van der Waals surface area contributed by atoms with E-state index in [1.165, 1.54) is 24.0 Å². The second-order valence-electron chi connectivity index (χ2n) is 5.12. The lowest BCUT2D eigenvalue weighted by molar-refractivity contribution is 0.223. The van der Waals surface area contributed by atoms with Crippen molar-refractivity contribution in [1.29, 1.82) is 0 Å². The first-order valence-corrected chi connectivity index (χ1v) is 6.75. The highest BCUT2D eigenvalue weighted by molar-refractivity contribution is 5.37. The van der Waals surface area contributed by atoms with Crippen LogP contribution in [0.5, 0.6) is 5.75 Å². The SMILES string of the molecule is CNCCN(C)C1CCc2ccc(OC)cc2C1. The van der Waals surface area contributed by atoms with Gasteiger partial charge in [0, 0.05) is 19.1 Å². The van der Waals surface area contributed by atoms with Gasteiger partial charge in [-0.15, -0.1) is 0 Å². The number of nitrogens with zero attached hydrogens (tertiary/aromatic N) is 1. The summed E-state index contributed by atoms with van der Waals surface area (Å²) in [5, 5.41) is 3.21. The Labute approximate surface area is 110 Å². The molecule has 100 valence electrons. The Morgan fingerprint density at radius 3 is 2.94 bits per heavy atom. The number of nitrogens with one attached hydrogen (secondary N) is 1. The van der Waals surface area contributed by atoms with Crippen molar-refractivity contribution < 1.29 is 4.74 Å². The molecule has 0 spiro atoms. The van der Waals surface area contributed by atoms with E-state index in [4.69, 9.17) is 4.74 Å². The molecule has 1 N–H and O–H groups in total. The molecular weight excluding hydrogens is 224 g/mol. The molecule has 2 rings (SSSR count). The summed E-state index contributed by atoms with van der Waals surface area (Å²) in [7, 11) is 5.98. The number of rotatable bonds is 5. The Morgan fingerprint density at radius 1 is 1.39 bits per heavy atom. The molecule has 0 saturated carbocycles. The van der Waals surface area contributed by atoms with Crippen LogP contribution in [0.3, 0.4) is 0 Å². The van der Waals surface area contributed by atoms with Crippen LogP contribution in [0.4, 0.5) is 0 Å². The fourth-order valence-corrected chi connectivity index (χ4v) is 2.69. The molecule has 0 aromatic heterocycles. The number of methoxy groups -OCH3 is 1. The molecular formula is C15H24N2O. The van der Waals surface area contributed by atoms with Crippen LogP contribution in [0.2, 0.25) is 0 Å². The summed E-state index contributed by atoms with van der Waals surface area (Å²) in [6, 6.07) is 7.16. The monoisotopic (exact) mass is 248 g/mol. The Balaban J connectivity index is 2.03. The van der Waals surface area contributed by atoms with E-state index in [1.54, 1.807) is 7.11 Å². The maximum atomic E-state index is 5.32. The Hall–Kier alpha value is -1.06. The third kappa shape index (κ3) is 3.03. The maximum Gasteiger partial charge on any atom is 0.119 e. The van der Waals surface area contributed by atoms with Crippen LogP contribution in [0, 0.1) is 0 Å². The fraction of sp³-hybridized carbons (Fsp3) is 0.600. The van der Waals surface area contributed by atoms with Crippen molar-refractivity contribution >= 4 is 0 Å². The standard InChI is InChI=1S/C15H24N2O/c1-16-8-9-17(2)14-6-4-12-5-7-15(18-3)11-13(12)10-14/h5,7,11,14,16H,4,6,8-10H2,1-3H3. The van der Waals surface area contributed by atoms with Crippen LogP contribution in [0.25, 0.3) is 0 Å². The Morgan fingerprint density at radius 2 is 2.22 bits per heavy atom. The van der Waals surface area contributed by atoms with E-state index in [1.807, 2.05) is 7.05 Å². The molecule has 1 unspecified atom stereocenters. The van der Waals surface area contributed by atoms with Crippen molar-refractivity contribution in [3.8, 4) is 5.75 Å². The van der Waals surface area contributed by atoms with Crippen molar-refractivity contribution in [1.82, 2.24) is 10.2 Å². The first kappa shape index (κ1) is 13.4. The highest BCUT2D eigenvalue weighted by atomic mass is 16.5. The summed E-state index contributed by atoms with van der Waals surface area (Å²) in [5.74, 6) is 0.979. The summed E-state index contributed by atoms with van der Waals surface area (Å²) in [6.07, 6.45) is 3.60. The minimum atomic E-state index is 0.665. The largest absolute Gasteiger partial charge is 0.497 e. The number of ether oxygens (including phenoxy) is 1. The van der Waals surface area contributed by atoms with Crippen molar-refractivity contribution in [3.63, 3.8) is 0 Å². The summed E-state index contributed by atoms with van der Waals surface area (Å²) >= 11 is 0. The van der Waals surface area contributed by atoms with Gasteiger partial charge in [-0.1, -0.05) is 6.07 Å². The van der Waals surface area contributed by atoms with Crippen molar-refractivity contribution in [2.45, 2.75) is 25.3 Å². The van der Waals surface area contributed by atoms with Crippen LogP contribution in [-0.2, 0) is 12.8 Å². The van der Waals surface area contributed by atoms with E-state index >= 15 is 0 Å². The number of fused-ring (bicyclic) bond motifs is 1. The van der Waals surface area contributed by atoms with Crippen LogP contribution < -0.4 is 10.1 Å². The van der Waals surface area contributed by atoms with E-state index in [-0.39, 0.29) is 0 Å². The van der Waals surface area contributed by atoms with Crippen molar-refractivity contribution in [2.75, 3.05) is 34.3 Å². The zero-order chi connectivity index (χ0) is 13.0. The van der Waals surface area contributed by atoms with Gasteiger partial charge in [0.1, 0.15) is 5.75 Å². The highest BCUT2D eigenvalue weighted by Gasteiger charge is 2.21. The smallest absolute Gasteiger partial charge is 0.119 e. The molecule has 0 saturated heterocycles. The predicted octanol–water partition coefficient (Wildman–Crippen LogP) is 1.70. The second kappa shape index (κ2) is 6.21. The van der Waals surface area contributed by atoms with Crippen molar-refractivity contribution in [2.24, 2.45) is 0 Å². The number of hydrogen-bond donors (Lipinski definition) is 1. The number of likely N-dealkylation sites (N-methyl/N-ethyl adjacent to an activating group) is 2. The van der Waals surface area contributed by atoms with E-state index in [2.05, 4.69) is 35.5 Å². The predicted molar refractivity (Wildman–Crippen MR) is 75.4 cm³/mol. The topological polar surface area (TPSA) is 24.5 Å². The molecule has 0 radical (unpaired) electrons. The molecule has 1 aromatic rings. The lowest BCUT2D eigenvalue weighted by Crippen LogP contribution is -2.39. The normalized spacial score (nSPS) is 18.8. The molecule has 1 aliphatic rings. The van der Waals surface area contributed by atoms with E-state index in [9.17, 15) is 0 Å². The van der Waals surface area contributed by atoms with Gasteiger partial charge in [-0.2, -0.15) is 0 Å². The molecule has 0 heterocycles. The Kier molecular flexibility index (Phi) is 4.61. The van der Waals surface area contributed by atoms with Gasteiger partial charge >= 0.3 is 0 Å². The van der Waals surface area contributed by atoms with Gasteiger partial charge in [-0.05, 0) is 56.6 Å². The van der Waals surface area contributed by atoms with Gasteiger partial charge in [0.2, 0.25) is 0 Å². The lowest BCUT2D eigenvalue weighted by Gasteiger charge is -2.32. The fourth-order valence-electron chi connectivity index (χ4n) is 2.69. The quantitative estimate of drug-likeness (QED) is 0.858. The number of benzene rings is 1. The van der Waals surface area contributed by atoms with Gasteiger partial charge in [0.25, 0.3) is 0 Å². The lowest BCUT2D eigenvalue weighted by atomic mass is 9.87. The Bertz CT molecular complexity index is 392. The summed E-state index contributed by atoms with van der Waals surface area (Å²) in [4.78, 5) is 2.47. The van der Waals surface area contributed by atoms with E-state index in [0.29, 0.717) is 6.04 Å². The van der Waals surface area contributed by atoms with Gasteiger partial charge in [-0.25, -0.2) is 0 Å². The molecule has 18 heavy (non-hydrogen) atoms. The van der Waals surface area contributed by atoms with E-state index < -0.39 is 0 Å². The van der Waals surface area contributed by atoms with Crippen LogP contribution in [-0.4, -0.2) is 45.2 Å². The third-order valence-electron chi connectivity index (χ3n) is 3.95. The molecule has 0 fully saturated rings. The highest BCUT2D eigenvalue weighted by Crippen LogP contribution is 2.27. The zero-order valence-electron chi connectivity index (χ0n) is 11.7. The molecule has 3 nitrogen and oxygen atoms in total. The molecule has 1 atom stereocenters. The number of aryl methyl sites for hydroxylation is 1. The summed E-state index contributed by atoms with van der Waals surface area (Å²) < 4.78 is 5.32. The first-order valence-electron chi connectivity index (χ1n) is 6.75. The molecule has 3 heteroatoms. The number of hydrogen-bond acceptors (Lipinski definition) is 3. The van der Waals surface area contributed by atoms with E-state index in [0.717, 1.165) is 25.3 Å².